The van der Waals surface area contributed by atoms with Gasteiger partial charge in [0, 0.05) is 30.8 Å². The number of carboxylic acids is 1. The van der Waals surface area contributed by atoms with Crippen molar-refractivity contribution in [2.75, 3.05) is 0 Å². The quantitative estimate of drug-likeness (QED) is 0.301. The van der Waals surface area contributed by atoms with Crippen LogP contribution in [-0.2, 0) is 23.9 Å². The summed E-state index contributed by atoms with van der Waals surface area (Å²) in [5, 5.41) is 9.61. The number of aliphatic carboxylic acids is 1. The maximum Gasteiger partial charge on any atom is 0.333 e. The molecule has 1 aliphatic heterocycles. The van der Waals surface area contributed by atoms with Gasteiger partial charge in [0.1, 0.15) is 12.2 Å². The largest absolute Gasteiger partial charge is 0.481 e. The van der Waals surface area contributed by atoms with Gasteiger partial charge in [-0.2, -0.15) is 0 Å². The van der Waals surface area contributed by atoms with Crippen molar-refractivity contribution in [3.63, 3.8) is 0 Å². The van der Waals surface area contributed by atoms with Crippen molar-refractivity contribution in [1.29, 1.82) is 0 Å². The second kappa shape index (κ2) is 8.96. The molecule has 5 rings (SSSR count). The molecule has 4 saturated carbocycles. The first-order valence-electron chi connectivity index (χ1n) is 14.7. The highest BCUT2D eigenvalue weighted by atomic mass is 16.5. The number of fused-ring (bicyclic) bond motifs is 2. The smallest absolute Gasteiger partial charge is 0.333 e. The van der Waals surface area contributed by atoms with Gasteiger partial charge < -0.3 is 14.6 Å². The molecule has 0 saturated heterocycles. The van der Waals surface area contributed by atoms with Crippen molar-refractivity contribution in [2.24, 2.45) is 45.3 Å². The molecule has 4 aliphatic carbocycles. The van der Waals surface area contributed by atoms with Crippen LogP contribution in [0.15, 0.2) is 23.8 Å². The molecular weight excluding hydrogens is 480 g/mol. The highest BCUT2D eigenvalue weighted by molar-refractivity contribution is 5.88. The number of carboxylic acid groups (broad SMARTS) is 1. The van der Waals surface area contributed by atoms with Gasteiger partial charge in [0.25, 0.3) is 0 Å². The Kier molecular flexibility index (Phi) is 6.47. The summed E-state index contributed by atoms with van der Waals surface area (Å²) in [6.07, 6.45) is 9.25. The Bertz CT molecular complexity index is 1090. The second-order valence-electron chi connectivity index (χ2n) is 14.0. The Labute approximate surface area is 227 Å². The fourth-order valence-corrected chi connectivity index (χ4v) is 10.8. The van der Waals surface area contributed by atoms with Gasteiger partial charge in [-0.05, 0) is 98.7 Å². The normalized spacial score (nSPS) is 46.0. The molecular formula is C32H46O6. The maximum atomic E-state index is 12.4. The van der Waals surface area contributed by atoms with Gasteiger partial charge >= 0.3 is 17.9 Å². The van der Waals surface area contributed by atoms with Crippen molar-refractivity contribution in [1.82, 2.24) is 0 Å². The minimum atomic E-state index is -0.727. The summed E-state index contributed by atoms with van der Waals surface area (Å²) in [5.74, 6) is -0.0820. The van der Waals surface area contributed by atoms with Gasteiger partial charge in [-0.15, -0.1) is 0 Å². The zero-order valence-corrected chi connectivity index (χ0v) is 24.1. The number of hydrogen-bond donors (Lipinski definition) is 1. The minimum absolute atomic E-state index is 0.0177. The maximum absolute atomic E-state index is 12.4. The second-order valence-corrected chi connectivity index (χ2v) is 14.0. The van der Waals surface area contributed by atoms with E-state index >= 15 is 0 Å². The number of allylic oxidation sites excluding steroid dienone is 1. The molecule has 0 unspecified atom stereocenters. The molecule has 6 nitrogen and oxygen atoms in total. The molecule has 1 N–H and O–H groups in total. The average molecular weight is 527 g/mol. The Balaban J connectivity index is 1.53. The molecule has 5 aliphatic rings. The standard InChI is InChI=1S/C32H46O6/c1-18(2)22-9-11-25-30(7)26(37-21(5)33)16-23(20(4)24-10-8-19(3)28(36)38-24)29(30,6)14-15-32(25)17-31(22,32)13-12-27(34)35/h8,20,22-26H,1,9-17H2,2-7H3,(H,34,35)/t20-,22-,23+,24+,25-,26-,29+,30+,31+,32-/m0/s1. The van der Waals surface area contributed by atoms with Crippen molar-refractivity contribution in [2.45, 2.75) is 112 Å². The number of hydrogen-bond acceptors (Lipinski definition) is 5. The van der Waals surface area contributed by atoms with E-state index in [1.54, 1.807) is 0 Å². The lowest BCUT2D eigenvalue weighted by Gasteiger charge is -2.61. The Morgan fingerprint density at radius 2 is 1.95 bits per heavy atom. The van der Waals surface area contributed by atoms with Crippen molar-refractivity contribution < 1.29 is 29.0 Å². The molecule has 4 fully saturated rings. The van der Waals surface area contributed by atoms with Crippen LogP contribution in [0.5, 0.6) is 0 Å². The molecule has 38 heavy (non-hydrogen) atoms. The fraction of sp³-hybridized carbons (Fsp3) is 0.781. The van der Waals surface area contributed by atoms with E-state index in [-0.39, 0.29) is 64.1 Å². The van der Waals surface area contributed by atoms with Gasteiger partial charge in [-0.1, -0.05) is 39.0 Å². The van der Waals surface area contributed by atoms with E-state index < -0.39 is 5.97 Å². The van der Waals surface area contributed by atoms with Gasteiger partial charge in [0.05, 0.1) is 0 Å². The van der Waals surface area contributed by atoms with Gasteiger partial charge in [0.2, 0.25) is 0 Å². The number of cyclic esters (lactones) is 1. The Morgan fingerprint density at radius 3 is 2.55 bits per heavy atom. The van der Waals surface area contributed by atoms with E-state index in [1.807, 2.05) is 13.0 Å². The molecule has 0 aromatic carbocycles. The molecule has 1 heterocycles. The lowest BCUT2D eigenvalue weighted by atomic mass is 9.43. The van der Waals surface area contributed by atoms with Crippen LogP contribution in [0, 0.1) is 45.3 Å². The first kappa shape index (κ1) is 27.5. The first-order valence-corrected chi connectivity index (χ1v) is 14.7. The SMILES string of the molecule is C=C(C)[C@@H]1CC[C@@H]2[C@]3(CC[C@]4(C)[C@@H]([C@H](C)[C@H]5CC=C(C)C(=O)O5)C[C@H](OC(C)=O)[C@@]24C)C[C@]13CCC(=O)O. The number of carbonyl (C=O) groups is 3. The number of ether oxygens (including phenoxy) is 2. The summed E-state index contributed by atoms with van der Waals surface area (Å²) < 4.78 is 12.1. The monoisotopic (exact) mass is 526 g/mol. The Hall–Kier alpha value is -2.11. The highest BCUT2D eigenvalue weighted by Crippen LogP contribution is 2.87. The van der Waals surface area contributed by atoms with Crippen LogP contribution in [0.25, 0.3) is 0 Å². The third-order valence-corrected chi connectivity index (χ3v) is 12.7. The van der Waals surface area contributed by atoms with Crippen LogP contribution in [0.4, 0.5) is 0 Å². The number of carbonyl (C=O) groups excluding carboxylic acids is 2. The molecule has 10 atom stereocenters. The van der Waals surface area contributed by atoms with Gasteiger partial charge in [-0.25, -0.2) is 4.79 Å². The van der Waals surface area contributed by atoms with Crippen molar-refractivity contribution >= 4 is 17.9 Å². The zero-order chi connectivity index (χ0) is 27.8. The van der Waals surface area contributed by atoms with Crippen LogP contribution in [-0.4, -0.2) is 35.2 Å². The number of rotatable bonds is 7. The molecule has 0 radical (unpaired) electrons. The molecule has 0 bridgehead atoms. The molecule has 0 aromatic heterocycles. The van der Waals surface area contributed by atoms with E-state index in [4.69, 9.17) is 9.47 Å². The van der Waals surface area contributed by atoms with Crippen molar-refractivity contribution in [3.05, 3.63) is 23.8 Å². The summed E-state index contributed by atoms with van der Waals surface area (Å²) in [5.41, 5.74) is 1.60. The zero-order valence-electron chi connectivity index (χ0n) is 24.1. The summed E-state index contributed by atoms with van der Waals surface area (Å²) in [4.78, 5) is 36.5. The van der Waals surface area contributed by atoms with Crippen LogP contribution in [0.3, 0.4) is 0 Å². The van der Waals surface area contributed by atoms with E-state index in [0.29, 0.717) is 23.8 Å². The van der Waals surface area contributed by atoms with Crippen LogP contribution < -0.4 is 0 Å². The van der Waals surface area contributed by atoms with E-state index in [1.165, 1.54) is 12.5 Å². The van der Waals surface area contributed by atoms with Crippen molar-refractivity contribution in [3.8, 4) is 0 Å². The lowest BCUT2D eigenvalue weighted by molar-refractivity contribution is -0.182. The third-order valence-electron chi connectivity index (χ3n) is 12.7. The predicted octanol–water partition coefficient (Wildman–Crippen LogP) is 6.49. The topological polar surface area (TPSA) is 89.9 Å². The summed E-state index contributed by atoms with van der Waals surface area (Å²) in [6.45, 7) is 16.8. The first-order chi connectivity index (χ1) is 17.7. The highest BCUT2D eigenvalue weighted by Gasteiger charge is 2.82. The average Bonchev–Trinajstić information content (AvgIpc) is 3.46. The molecule has 0 aromatic rings. The molecule has 210 valence electrons. The van der Waals surface area contributed by atoms with E-state index in [9.17, 15) is 19.5 Å². The van der Waals surface area contributed by atoms with Crippen LogP contribution in [0.1, 0.15) is 99.3 Å². The molecule has 0 amide bonds. The summed E-state index contributed by atoms with van der Waals surface area (Å²) in [6, 6.07) is 0. The Morgan fingerprint density at radius 1 is 1.24 bits per heavy atom. The summed E-state index contributed by atoms with van der Waals surface area (Å²) in [7, 11) is 0. The fourth-order valence-electron chi connectivity index (χ4n) is 10.8. The lowest BCUT2D eigenvalue weighted by Crippen LogP contribution is -2.58. The predicted molar refractivity (Wildman–Crippen MR) is 144 cm³/mol. The van der Waals surface area contributed by atoms with E-state index in [2.05, 4.69) is 34.3 Å². The van der Waals surface area contributed by atoms with Gasteiger partial charge in [0.15, 0.2) is 0 Å². The third kappa shape index (κ3) is 3.60. The minimum Gasteiger partial charge on any atom is -0.481 e. The molecule has 1 spiro atoms. The van der Waals surface area contributed by atoms with Gasteiger partial charge in [-0.3, -0.25) is 9.59 Å². The number of esters is 2. The van der Waals surface area contributed by atoms with E-state index in [0.717, 1.165) is 44.9 Å². The summed E-state index contributed by atoms with van der Waals surface area (Å²) >= 11 is 0. The van der Waals surface area contributed by atoms with Crippen LogP contribution >= 0.6 is 0 Å². The van der Waals surface area contributed by atoms with Crippen LogP contribution in [0.2, 0.25) is 0 Å². The molecule has 6 heteroatoms.